The molecule has 0 saturated carbocycles. The molecule has 0 radical (unpaired) electrons. The third-order valence-electron chi connectivity index (χ3n) is 4.97. The van der Waals surface area contributed by atoms with Crippen LogP contribution in [0.2, 0.25) is 0 Å². The number of nitrogens with zero attached hydrogens (tertiary/aromatic N) is 2. The molecule has 1 aliphatic heterocycles. The van der Waals surface area contributed by atoms with Gasteiger partial charge in [-0.05, 0) is 43.6 Å². The van der Waals surface area contributed by atoms with Crippen LogP contribution in [-0.2, 0) is 6.54 Å². The van der Waals surface area contributed by atoms with E-state index in [0.29, 0.717) is 11.9 Å². The van der Waals surface area contributed by atoms with Gasteiger partial charge in [-0.1, -0.05) is 31.4 Å². The van der Waals surface area contributed by atoms with E-state index in [-0.39, 0.29) is 11.4 Å². The fourth-order valence-corrected chi connectivity index (χ4v) is 4.56. The minimum atomic E-state index is -0.282. The maximum Gasteiger partial charge on any atom is 0.260 e. The molecule has 136 valence electrons. The topological polar surface area (TPSA) is 49.0 Å². The molecule has 2 aromatic heterocycles. The number of nitrogens with one attached hydrogen (secondary N) is 1. The summed E-state index contributed by atoms with van der Waals surface area (Å²) >= 11 is 1.47. The normalized spacial score (nSPS) is 16.5. The van der Waals surface area contributed by atoms with E-state index in [2.05, 4.69) is 9.88 Å². The highest BCUT2D eigenvalue weighted by atomic mass is 32.1. The summed E-state index contributed by atoms with van der Waals surface area (Å²) in [6.45, 7) is 2.81. The minimum Gasteiger partial charge on any atom is -0.309 e. The summed E-state index contributed by atoms with van der Waals surface area (Å²) in [5.41, 5.74) is 1.54. The summed E-state index contributed by atoms with van der Waals surface area (Å²) in [6, 6.07) is 6.22. The summed E-state index contributed by atoms with van der Waals surface area (Å²) in [7, 11) is 0. The molecule has 0 amide bonds. The molecular formula is C20H22FN3OS. The molecule has 26 heavy (non-hydrogen) atoms. The van der Waals surface area contributed by atoms with E-state index in [1.165, 1.54) is 55.6 Å². The number of likely N-dealkylation sites (tertiary alicyclic amines) is 1. The van der Waals surface area contributed by atoms with Crippen molar-refractivity contribution in [2.24, 2.45) is 0 Å². The van der Waals surface area contributed by atoms with E-state index in [1.807, 2.05) is 5.38 Å². The molecule has 6 heteroatoms. The van der Waals surface area contributed by atoms with Gasteiger partial charge in [0.1, 0.15) is 16.5 Å². The smallest absolute Gasteiger partial charge is 0.260 e. The Hall–Kier alpha value is -2.05. The van der Waals surface area contributed by atoms with Gasteiger partial charge in [0.25, 0.3) is 5.56 Å². The molecule has 0 bridgehead atoms. The fraction of sp³-hybridized carbons (Fsp3) is 0.400. The number of thiophene rings is 1. The van der Waals surface area contributed by atoms with Crippen molar-refractivity contribution < 1.29 is 4.39 Å². The van der Waals surface area contributed by atoms with Crippen LogP contribution in [0.4, 0.5) is 4.39 Å². The molecule has 4 rings (SSSR count). The fourth-order valence-electron chi connectivity index (χ4n) is 3.59. The van der Waals surface area contributed by atoms with Crippen LogP contribution in [0.1, 0.15) is 37.9 Å². The lowest BCUT2D eigenvalue weighted by atomic mass is 10.1. The summed E-state index contributed by atoms with van der Waals surface area (Å²) in [4.78, 5) is 23.5. The molecule has 1 saturated heterocycles. The number of fused-ring (bicyclic) bond motifs is 1. The van der Waals surface area contributed by atoms with Crippen LogP contribution in [0, 0.1) is 5.82 Å². The maximum absolute atomic E-state index is 13.2. The van der Waals surface area contributed by atoms with Gasteiger partial charge in [0.05, 0.1) is 11.9 Å². The van der Waals surface area contributed by atoms with Crippen LogP contribution in [0.15, 0.2) is 34.4 Å². The summed E-state index contributed by atoms with van der Waals surface area (Å²) in [5, 5.41) is 2.53. The lowest BCUT2D eigenvalue weighted by molar-refractivity contribution is 0.234. The van der Waals surface area contributed by atoms with Gasteiger partial charge < -0.3 is 4.98 Å². The lowest BCUT2D eigenvalue weighted by Crippen LogP contribution is -2.28. The average molecular weight is 371 g/mol. The zero-order valence-electron chi connectivity index (χ0n) is 14.6. The van der Waals surface area contributed by atoms with Gasteiger partial charge in [0.2, 0.25) is 0 Å². The Kier molecular flexibility index (Phi) is 5.13. The number of H-pyrrole nitrogens is 1. The lowest BCUT2D eigenvalue weighted by Gasteiger charge is -2.23. The van der Waals surface area contributed by atoms with Gasteiger partial charge in [0.15, 0.2) is 0 Å². The SMILES string of the molecule is O=c1[nH]c(CN2CCCCCCC2)nc2scc(-c3ccc(F)cc3)c12. The molecule has 1 aromatic carbocycles. The molecule has 0 aliphatic carbocycles. The van der Waals surface area contributed by atoms with Crippen molar-refractivity contribution >= 4 is 21.6 Å². The highest BCUT2D eigenvalue weighted by Crippen LogP contribution is 2.30. The highest BCUT2D eigenvalue weighted by Gasteiger charge is 2.15. The van der Waals surface area contributed by atoms with Crippen molar-refractivity contribution in [1.29, 1.82) is 0 Å². The number of hydrogen-bond donors (Lipinski definition) is 1. The van der Waals surface area contributed by atoms with Crippen LogP contribution in [0.25, 0.3) is 21.3 Å². The predicted molar refractivity (Wildman–Crippen MR) is 104 cm³/mol. The molecule has 3 heterocycles. The molecule has 4 nitrogen and oxygen atoms in total. The van der Waals surface area contributed by atoms with Gasteiger partial charge in [0, 0.05) is 10.9 Å². The van der Waals surface area contributed by atoms with Crippen LogP contribution in [-0.4, -0.2) is 28.0 Å². The summed E-state index contributed by atoms with van der Waals surface area (Å²) in [5.74, 6) is 0.450. The zero-order chi connectivity index (χ0) is 17.9. The maximum atomic E-state index is 13.2. The number of aromatic nitrogens is 2. The second kappa shape index (κ2) is 7.68. The van der Waals surface area contributed by atoms with Gasteiger partial charge in [-0.15, -0.1) is 11.3 Å². The van der Waals surface area contributed by atoms with E-state index in [1.54, 1.807) is 12.1 Å². The predicted octanol–water partition coefficient (Wildman–Crippen LogP) is 4.56. The van der Waals surface area contributed by atoms with Gasteiger partial charge in [-0.2, -0.15) is 0 Å². The van der Waals surface area contributed by atoms with Crippen molar-refractivity contribution in [1.82, 2.24) is 14.9 Å². The van der Waals surface area contributed by atoms with E-state index in [4.69, 9.17) is 4.98 Å². The van der Waals surface area contributed by atoms with Crippen molar-refractivity contribution in [2.45, 2.75) is 38.6 Å². The van der Waals surface area contributed by atoms with Crippen molar-refractivity contribution in [3.8, 4) is 11.1 Å². The number of hydrogen-bond acceptors (Lipinski definition) is 4. The monoisotopic (exact) mass is 371 g/mol. The Morgan fingerprint density at radius 3 is 2.50 bits per heavy atom. The number of benzene rings is 1. The summed E-state index contributed by atoms with van der Waals surface area (Å²) in [6.07, 6.45) is 6.31. The Morgan fingerprint density at radius 2 is 1.77 bits per heavy atom. The Labute approximate surface area is 155 Å². The van der Waals surface area contributed by atoms with E-state index >= 15 is 0 Å². The number of rotatable bonds is 3. The van der Waals surface area contributed by atoms with Crippen LogP contribution < -0.4 is 5.56 Å². The van der Waals surface area contributed by atoms with Crippen molar-refractivity contribution in [2.75, 3.05) is 13.1 Å². The van der Waals surface area contributed by atoms with Crippen LogP contribution >= 0.6 is 11.3 Å². The molecule has 1 N–H and O–H groups in total. The van der Waals surface area contributed by atoms with E-state index < -0.39 is 0 Å². The minimum absolute atomic E-state index is 0.113. The van der Waals surface area contributed by atoms with Crippen molar-refractivity contribution in [3.05, 3.63) is 51.6 Å². The van der Waals surface area contributed by atoms with Crippen molar-refractivity contribution in [3.63, 3.8) is 0 Å². The Balaban J connectivity index is 1.63. The average Bonchev–Trinajstić information content (AvgIpc) is 3.02. The summed E-state index contributed by atoms with van der Waals surface area (Å²) < 4.78 is 13.2. The first-order valence-electron chi connectivity index (χ1n) is 9.19. The second-order valence-corrected chi connectivity index (χ2v) is 7.75. The first kappa shape index (κ1) is 17.4. The third kappa shape index (κ3) is 3.71. The van der Waals surface area contributed by atoms with Gasteiger partial charge >= 0.3 is 0 Å². The largest absolute Gasteiger partial charge is 0.309 e. The molecular weight excluding hydrogens is 349 g/mol. The zero-order valence-corrected chi connectivity index (χ0v) is 15.4. The molecule has 1 aliphatic rings. The highest BCUT2D eigenvalue weighted by molar-refractivity contribution is 7.17. The molecule has 0 unspecified atom stereocenters. The standard InChI is InChI=1S/C20H22FN3OS/c21-15-8-6-14(7-9-15)16-13-26-20-18(16)19(25)22-17(23-20)12-24-10-4-2-1-3-5-11-24/h6-9,13H,1-5,10-12H2,(H,22,23,25). The Morgan fingerprint density at radius 1 is 1.08 bits per heavy atom. The number of halogens is 1. The van der Waals surface area contributed by atoms with Gasteiger partial charge in [-0.3, -0.25) is 9.69 Å². The Bertz CT molecular complexity index is 940. The number of aromatic amines is 1. The first-order valence-corrected chi connectivity index (χ1v) is 10.1. The third-order valence-corrected chi connectivity index (χ3v) is 5.84. The molecule has 1 fully saturated rings. The van der Waals surface area contributed by atoms with E-state index in [0.717, 1.165) is 34.9 Å². The molecule has 0 spiro atoms. The van der Waals surface area contributed by atoms with Crippen LogP contribution in [0.5, 0.6) is 0 Å². The van der Waals surface area contributed by atoms with E-state index in [9.17, 15) is 9.18 Å². The quantitative estimate of drug-likeness (QED) is 0.734. The molecule has 3 aromatic rings. The first-order chi connectivity index (χ1) is 12.7. The van der Waals surface area contributed by atoms with Gasteiger partial charge in [-0.25, -0.2) is 9.37 Å². The van der Waals surface area contributed by atoms with Crippen LogP contribution in [0.3, 0.4) is 0 Å². The molecule has 0 atom stereocenters. The second-order valence-electron chi connectivity index (χ2n) is 6.89.